The smallest absolute Gasteiger partial charge is 0.107 e. The summed E-state index contributed by atoms with van der Waals surface area (Å²) in [6.45, 7) is 5.37. The lowest BCUT2D eigenvalue weighted by Gasteiger charge is -2.07. The molecule has 0 aliphatic heterocycles. The highest BCUT2D eigenvalue weighted by molar-refractivity contribution is 7.09. The summed E-state index contributed by atoms with van der Waals surface area (Å²) in [5.41, 5.74) is 1.07. The van der Waals surface area contributed by atoms with Crippen molar-refractivity contribution in [2.45, 2.75) is 32.9 Å². The number of hydrogen-bond acceptors (Lipinski definition) is 4. The maximum atomic E-state index is 9.26. The van der Waals surface area contributed by atoms with Crippen molar-refractivity contribution in [2.75, 3.05) is 6.54 Å². The van der Waals surface area contributed by atoms with Gasteiger partial charge in [-0.15, -0.1) is 11.3 Å². The number of rotatable bonds is 5. The van der Waals surface area contributed by atoms with E-state index in [1.165, 1.54) is 0 Å². The molecule has 4 heteroatoms. The Morgan fingerprint density at radius 3 is 3.00 bits per heavy atom. The fourth-order valence-electron chi connectivity index (χ4n) is 0.974. The van der Waals surface area contributed by atoms with Gasteiger partial charge in [-0.05, 0) is 13.3 Å². The average molecular weight is 200 g/mol. The van der Waals surface area contributed by atoms with E-state index in [0.29, 0.717) is 6.54 Å². The molecule has 13 heavy (non-hydrogen) atoms. The first-order valence-electron chi connectivity index (χ1n) is 4.52. The van der Waals surface area contributed by atoms with Crippen LogP contribution in [0.1, 0.15) is 24.0 Å². The molecule has 0 aromatic carbocycles. The van der Waals surface area contributed by atoms with Crippen LogP contribution >= 0.6 is 11.3 Å². The van der Waals surface area contributed by atoms with Crippen molar-refractivity contribution in [3.8, 4) is 0 Å². The molecular formula is C9H16N2OS. The van der Waals surface area contributed by atoms with Gasteiger partial charge in [0.25, 0.3) is 0 Å². The number of aliphatic hydroxyl groups excluding tert-OH is 1. The average Bonchev–Trinajstić information content (AvgIpc) is 2.51. The maximum Gasteiger partial charge on any atom is 0.107 e. The fraction of sp³-hybridized carbons (Fsp3) is 0.667. The molecule has 74 valence electrons. The Kier molecular flexibility index (Phi) is 4.35. The first kappa shape index (κ1) is 10.6. The van der Waals surface area contributed by atoms with Crippen LogP contribution in [0.4, 0.5) is 0 Å². The van der Waals surface area contributed by atoms with E-state index in [0.717, 1.165) is 23.7 Å². The molecule has 0 saturated heterocycles. The minimum atomic E-state index is -0.235. The van der Waals surface area contributed by atoms with E-state index in [1.54, 1.807) is 11.3 Å². The van der Waals surface area contributed by atoms with Crippen molar-refractivity contribution >= 4 is 11.3 Å². The molecule has 1 unspecified atom stereocenters. The highest BCUT2D eigenvalue weighted by atomic mass is 32.1. The Morgan fingerprint density at radius 1 is 1.69 bits per heavy atom. The van der Waals surface area contributed by atoms with Crippen LogP contribution in [-0.2, 0) is 6.54 Å². The van der Waals surface area contributed by atoms with E-state index in [4.69, 9.17) is 0 Å². The Hall–Kier alpha value is -0.450. The number of aliphatic hydroxyl groups is 1. The summed E-state index contributed by atoms with van der Waals surface area (Å²) < 4.78 is 0. The maximum absolute atomic E-state index is 9.26. The van der Waals surface area contributed by atoms with Gasteiger partial charge in [0.1, 0.15) is 5.01 Å². The summed E-state index contributed by atoms with van der Waals surface area (Å²) in [5, 5.41) is 15.5. The molecule has 0 radical (unpaired) electrons. The summed E-state index contributed by atoms with van der Waals surface area (Å²) in [4.78, 5) is 4.31. The quantitative estimate of drug-likeness (QED) is 0.753. The van der Waals surface area contributed by atoms with Gasteiger partial charge < -0.3 is 10.4 Å². The zero-order valence-corrected chi connectivity index (χ0v) is 8.90. The van der Waals surface area contributed by atoms with Gasteiger partial charge in [-0.3, -0.25) is 0 Å². The van der Waals surface area contributed by atoms with Crippen molar-refractivity contribution in [1.82, 2.24) is 10.3 Å². The number of aromatic nitrogens is 1. The molecule has 0 bridgehead atoms. The Morgan fingerprint density at radius 2 is 2.46 bits per heavy atom. The highest BCUT2D eigenvalue weighted by Crippen LogP contribution is 2.07. The number of aryl methyl sites for hydroxylation is 1. The highest BCUT2D eigenvalue weighted by Gasteiger charge is 2.01. The van der Waals surface area contributed by atoms with Crippen LogP contribution in [0.5, 0.6) is 0 Å². The van der Waals surface area contributed by atoms with E-state index in [9.17, 15) is 5.11 Å². The SMILES string of the molecule is CCC(O)CNCc1nc(C)cs1. The second kappa shape index (κ2) is 5.32. The van der Waals surface area contributed by atoms with Gasteiger partial charge >= 0.3 is 0 Å². The summed E-state index contributed by atoms with van der Waals surface area (Å²) in [7, 11) is 0. The zero-order valence-electron chi connectivity index (χ0n) is 8.08. The van der Waals surface area contributed by atoms with Crippen molar-refractivity contribution in [1.29, 1.82) is 0 Å². The predicted octanol–water partition coefficient (Wildman–Crippen LogP) is 1.31. The van der Waals surface area contributed by atoms with Crippen LogP contribution in [0.25, 0.3) is 0 Å². The third-order valence-corrected chi connectivity index (χ3v) is 2.76. The minimum Gasteiger partial charge on any atom is -0.392 e. The van der Waals surface area contributed by atoms with Gasteiger partial charge in [-0.2, -0.15) is 0 Å². The van der Waals surface area contributed by atoms with E-state index >= 15 is 0 Å². The van der Waals surface area contributed by atoms with Gasteiger partial charge in [0.2, 0.25) is 0 Å². The Balaban J connectivity index is 2.20. The van der Waals surface area contributed by atoms with E-state index in [2.05, 4.69) is 10.3 Å². The number of nitrogens with one attached hydrogen (secondary N) is 1. The largest absolute Gasteiger partial charge is 0.392 e. The van der Waals surface area contributed by atoms with Crippen molar-refractivity contribution in [3.05, 3.63) is 16.1 Å². The second-order valence-corrected chi connectivity index (χ2v) is 4.02. The number of hydrogen-bond donors (Lipinski definition) is 2. The lowest BCUT2D eigenvalue weighted by atomic mass is 10.3. The van der Waals surface area contributed by atoms with E-state index in [1.807, 2.05) is 19.2 Å². The molecule has 1 rings (SSSR count). The number of nitrogens with zero attached hydrogens (tertiary/aromatic N) is 1. The molecule has 0 amide bonds. The van der Waals surface area contributed by atoms with Crippen LogP contribution in [0.15, 0.2) is 5.38 Å². The monoisotopic (exact) mass is 200 g/mol. The van der Waals surface area contributed by atoms with Crippen LogP contribution in [-0.4, -0.2) is 22.7 Å². The van der Waals surface area contributed by atoms with E-state index in [-0.39, 0.29) is 6.10 Å². The Labute approximate surface area is 82.8 Å². The summed E-state index contributed by atoms with van der Waals surface area (Å²) in [6, 6.07) is 0. The van der Waals surface area contributed by atoms with Gasteiger partial charge in [-0.1, -0.05) is 6.92 Å². The van der Waals surface area contributed by atoms with Crippen LogP contribution in [0.3, 0.4) is 0 Å². The normalized spacial score (nSPS) is 13.2. The molecule has 0 fully saturated rings. The molecule has 1 aromatic heterocycles. The molecule has 3 nitrogen and oxygen atoms in total. The fourth-order valence-corrected chi connectivity index (χ4v) is 1.72. The third-order valence-electron chi connectivity index (χ3n) is 1.79. The van der Waals surface area contributed by atoms with Gasteiger partial charge in [0.05, 0.1) is 6.10 Å². The predicted molar refractivity (Wildman–Crippen MR) is 54.9 cm³/mol. The molecule has 2 N–H and O–H groups in total. The van der Waals surface area contributed by atoms with Gasteiger partial charge in [0.15, 0.2) is 0 Å². The number of thiazole rings is 1. The standard InChI is InChI=1S/C9H16N2OS/c1-3-8(12)4-10-5-9-11-7(2)6-13-9/h6,8,10,12H,3-5H2,1-2H3. The van der Waals surface area contributed by atoms with Crippen LogP contribution in [0.2, 0.25) is 0 Å². The van der Waals surface area contributed by atoms with Gasteiger partial charge in [-0.25, -0.2) is 4.98 Å². The summed E-state index contributed by atoms with van der Waals surface area (Å²) in [6.07, 6.45) is 0.560. The Bertz CT molecular complexity index is 250. The second-order valence-electron chi connectivity index (χ2n) is 3.08. The lowest BCUT2D eigenvalue weighted by Crippen LogP contribution is -2.25. The third kappa shape index (κ3) is 3.85. The van der Waals surface area contributed by atoms with Crippen molar-refractivity contribution in [2.24, 2.45) is 0 Å². The van der Waals surface area contributed by atoms with Crippen LogP contribution < -0.4 is 5.32 Å². The zero-order chi connectivity index (χ0) is 9.68. The molecule has 1 heterocycles. The first-order chi connectivity index (χ1) is 6.22. The molecule has 0 aliphatic carbocycles. The van der Waals surface area contributed by atoms with Crippen LogP contribution in [0, 0.1) is 6.92 Å². The first-order valence-corrected chi connectivity index (χ1v) is 5.40. The summed E-state index contributed by atoms with van der Waals surface area (Å²) >= 11 is 1.65. The van der Waals surface area contributed by atoms with Crippen molar-refractivity contribution < 1.29 is 5.11 Å². The topological polar surface area (TPSA) is 45.1 Å². The molecule has 0 spiro atoms. The lowest BCUT2D eigenvalue weighted by molar-refractivity contribution is 0.167. The van der Waals surface area contributed by atoms with E-state index < -0.39 is 0 Å². The molecule has 1 atom stereocenters. The molecule has 0 aliphatic rings. The summed E-state index contributed by atoms with van der Waals surface area (Å²) in [5.74, 6) is 0. The molecule has 0 saturated carbocycles. The minimum absolute atomic E-state index is 0.235. The van der Waals surface area contributed by atoms with Gasteiger partial charge in [0, 0.05) is 24.2 Å². The van der Waals surface area contributed by atoms with Crippen molar-refractivity contribution in [3.63, 3.8) is 0 Å². The molecule has 1 aromatic rings. The molecular weight excluding hydrogens is 184 g/mol.